The Labute approximate surface area is 143 Å². The van der Waals surface area contributed by atoms with E-state index < -0.39 is 31.1 Å². The number of hydrogen-bond acceptors (Lipinski definition) is 7. The monoisotopic (exact) mass is 357 g/mol. The normalized spacial score (nSPS) is 27.3. The summed E-state index contributed by atoms with van der Waals surface area (Å²) in [6.45, 7) is 4.11. The largest absolute Gasteiger partial charge is 0.477 e. The van der Waals surface area contributed by atoms with Crippen molar-refractivity contribution in [3.63, 3.8) is 0 Å². The highest BCUT2D eigenvalue weighted by molar-refractivity contribution is 6.35. The van der Waals surface area contributed by atoms with Crippen molar-refractivity contribution in [1.82, 2.24) is 14.5 Å². The van der Waals surface area contributed by atoms with Gasteiger partial charge in [0.15, 0.2) is 11.9 Å². The van der Waals surface area contributed by atoms with Crippen LogP contribution in [0.1, 0.15) is 20.1 Å². The van der Waals surface area contributed by atoms with E-state index in [-0.39, 0.29) is 0 Å². The van der Waals surface area contributed by atoms with Gasteiger partial charge in [0, 0.05) is 6.20 Å². The number of nitrogens with zero attached hydrogens (tertiary/aromatic N) is 3. The fourth-order valence-corrected chi connectivity index (χ4v) is 2.94. The Morgan fingerprint density at radius 2 is 2.08 bits per heavy atom. The van der Waals surface area contributed by atoms with Crippen LogP contribution >= 0.6 is 11.6 Å². The molecule has 0 spiro atoms. The van der Waals surface area contributed by atoms with Gasteiger partial charge in [-0.3, -0.25) is 0 Å². The molecule has 24 heavy (non-hydrogen) atoms. The highest BCUT2D eigenvalue weighted by atomic mass is 35.5. The smallest absolute Gasteiger partial charge is 0.227 e. The van der Waals surface area contributed by atoms with Crippen molar-refractivity contribution in [2.24, 2.45) is 5.92 Å². The van der Waals surface area contributed by atoms with Gasteiger partial charge in [-0.1, -0.05) is 25.4 Å². The van der Waals surface area contributed by atoms with Crippen LogP contribution in [0, 0.1) is 5.92 Å². The number of aromatic nitrogens is 3. The van der Waals surface area contributed by atoms with Gasteiger partial charge in [0.25, 0.3) is 0 Å². The summed E-state index contributed by atoms with van der Waals surface area (Å²) in [5.74, 6) is 0.667. The topological polar surface area (TPSA) is 110 Å². The lowest BCUT2D eigenvalue weighted by atomic mass is 10.1. The average molecular weight is 358 g/mol. The molecule has 9 heteroatoms. The molecule has 3 heterocycles. The Morgan fingerprint density at radius 1 is 1.33 bits per heavy atom. The number of fused-ring (bicyclic) bond motifs is 1. The van der Waals surface area contributed by atoms with E-state index in [1.54, 1.807) is 6.20 Å². The Morgan fingerprint density at radius 3 is 2.71 bits per heavy atom. The van der Waals surface area contributed by atoms with Crippen LogP contribution in [0.15, 0.2) is 12.5 Å². The average Bonchev–Trinajstić information content (AvgIpc) is 3.04. The summed E-state index contributed by atoms with van der Waals surface area (Å²) in [7, 11) is 0. The second-order valence-corrected chi connectivity index (χ2v) is 6.60. The van der Waals surface area contributed by atoms with E-state index in [1.807, 2.05) is 13.8 Å². The van der Waals surface area contributed by atoms with E-state index in [0.29, 0.717) is 34.5 Å². The second kappa shape index (κ2) is 6.81. The lowest BCUT2D eigenvalue weighted by Gasteiger charge is -2.17. The molecule has 0 radical (unpaired) electrons. The molecule has 0 aliphatic carbocycles. The van der Waals surface area contributed by atoms with E-state index in [2.05, 4.69) is 9.97 Å². The van der Waals surface area contributed by atoms with Crippen LogP contribution in [-0.4, -0.2) is 61.4 Å². The molecule has 3 rings (SSSR count). The van der Waals surface area contributed by atoms with E-state index in [0.717, 1.165) is 0 Å². The molecule has 4 atom stereocenters. The summed E-state index contributed by atoms with van der Waals surface area (Å²) in [5.41, 5.74) is 0.420. The maximum Gasteiger partial charge on any atom is 0.227 e. The molecule has 0 amide bonds. The van der Waals surface area contributed by atoms with Gasteiger partial charge < -0.3 is 29.4 Å². The summed E-state index contributed by atoms with van der Waals surface area (Å²) in [6, 6.07) is 0. The van der Waals surface area contributed by atoms with Gasteiger partial charge in [-0.25, -0.2) is 9.97 Å². The van der Waals surface area contributed by atoms with Gasteiger partial charge in [-0.2, -0.15) is 0 Å². The zero-order chi connectivity index (χ0) is 17.4. The van der Waals surface area contributed by atoms with Gasteiger partial charge in [-0.05, 0) is 5.92 Å². The number of ether oxygens (including phenoxy) is 2. The summed E-state index contributed by atoms with van der Waals surface area (Å²) >= 11 is 6.30. The highest BCUT2D eigenvalue weighted by Gasteiger charge is 2.44. The third kappa shape index (κ3) is 2.96. The van der Waals surface area contributed by atoms with Gasteiger partial charge in [-0.15, -0.1) is 0 Å². The first-order valence-corrected chi connectivity index (χ1v) is 8.08. The van der Waals surface area contributed by atoms with Crippen LogP contribution in [0.4, 0.5) is 0 Å². The molecule has 1 saturated heterocycles. The lowest BCUT2D eigenvalue weighted by Crippen LogP contribution is -2.33. The predicted molar refractivity (Wildman–Crippen MR) is 85.9 cm³/mol. The minimum Gasteiger partial charge on any atom is -0.477 e. The number of hydrogen-bond donors (Lipinski definition) is 3. The van der Waals surface area contributed by atoms with Crippen LogP contribution < -0.4 is 4.74 Å². The fraction of sp³-hybridized carbons (Fsp3) is 0.600. The number of aliphatic hydroxyl groups excluding tert-OH is 3. The van der Waals surface area contributed by atoms with Crippen LogP contribution in [0.5, 0.6) is 5.88 Å². The highest BCUT2D eigenvalue weighted by Crippen LogP contribution is 2.37. The van der Waals surface area contributed by atoms with E-state index in [9.17, 15) is 15.3 Å². The Bertz CT molecular complexity index is 722. The number of rotatable bonds is 5. The molecule has 2 aromatic rings. The number of halogens is 1. The molecule has 8 nitrogen and oxygen atoms in total. The van der Waals surface area contributed by atoms with Crippen molar-refractivity contribution in [2.75, 3.05) is 13.2 Å². The molecule has 1 aliphatic heterocycles. The molecule has 1 fully saturated rings. The minimum atomic E-state index is -1.22. The van der Waals surface area contributed by atoms with Gasteiger partial charge in [0.2, 0.25) is 5.88 Å². The fourth-order valence-electron chi connectivity index (χ4n) is 2.67. The molecule has 0 bridgehead atoms. The molecule has 132 valence electrons. The van der Waals surface area contributed by atoms with Crippen molar-refractivity contribution >= 4 is 22.6 Å². The maximum atomic E-state index is 10.2. The molecular formula is C15H20ClN3O5. The molecule has 0 aromatic carbocycles. The van der Waals surface area contributed by atoms with Crippen molar-refractivity contribution < 1.29 is 24.8 Å². The summed E-state index contributed by atoms with van der Waals surface area (Å²) in [4.78, 5) is 8.32. The van der Waals surface area contributed by atoms with Crippen molar-refractivity contribution in [2.45, 2.75) is 38.4 Å². The predicted octanol–water partition coefficient (Wildman–Crippen LogP) is 0.731. The summed E-state index contributed by atoms with van der Waals surface area (Å²) in [6.07, 6.45) is -1.33. The van der Waals surface area contributed by atoms with Gasteiger partial charge in [0.1, 0.15) is 24.6 Å². The van der Waals surface area contributed by atoms with Crippen LogP contribution in [0.2, 0.25) is 5.02 Å². The molecule has 3 N–H and O–H groups in total. The first kappa shape index (κ1) is 17.4. The molecule has 1 aliphatic rings. The van der Waals surface area contributed by atoms with Crippen molar-refractivity contribution in [3.8, 4) is 5.88 Å². The Kier molecular flexibility index (Phi) is 4.93. The van der Waals surface area contributed by atoms with Crippen molar-refractivity contribution in [3.05, 3.63) is 17.5 Å². The standard InChI is InChI=1S/C15H20ClN3O5/c1-7(2)5-23-14-10-8(16)3-19(13(10)17-6-18-14)15-12(22)11(21)9(4-20)24-15/h3,6-7,9,11-12,15,20-22H,4-5H2,1-2H3/t9-,11-,12-,15-/m1/s1. The van der Waals surface area contributed by atoms with E-state index >= 15 is 0 Å². The zero-order valence-electron chi connectivity index (χ0n) is 13.3. The zero-order valence-corrected chi connectivity index (χ0v) is 14.1. The van der Waals surface area contributed by atoms with E-state index in [1.165, 1.54) is 10.9 Å². The molecule has 0 unspecified atom stereocenters. The minimum absolute atomic E-state index is 0.316. The molecule has 2 aromatic heterocycles. The second-order valence-electron chi connectivity index (χ2n) is 6.20. The van der Waals surface area contributed by atoms with Crippen molar-refractivity contribution in [1.29, 1.82) is 0 Å². The van der Waals surface area contributed by atoms with Gasteiger partial charge in [0.05, 0.1) is 23.6 Å². The van der Waals surface area contributed by atoms with Gasteiger partial charge >= 0.3 is 0 Å². The number of aliphatic hydroxyl groups is 3. The van der Waals surface area contributed by atoms with Crippen LogP contribution in [0.25, 0.3) is 11.0 Å². The van der Waals surface area contributed by atoms with Crippen LogP contribution in [-0.2, 0) is 4.74 Å². The lowest BCUT2D eigenvalue weighted by molar-refractivity contribution is -0.0508. The molecule has 0 saturated carbocycles. The Balaban J connectivity index is 2.00. The summed E-state index contributed by atoms with van der Waals surface area (Å²) in [5, 5.41) is 30.2. The third-order valence-electron chi connectivity index (χ3n) is 3.87. The quantitative estimate of drug-likeness (QED) is 0.723. The maximum absolute atomic E-state index is 10.2. The first-order chi connectivity index (χ1) is 11.4. The summed E-state index contributed by atoms with van der Waals surface area (Å²) < 4.78 is 12.7. The molecular weight excluding hydrogens is 338 g/mol. The Hall–Kier alpha value is -1.45. The SMILES string of the molecule is CC(C)COc1ncnc2c1c(Cl)cn2[C@@H]1O[C@H](CO)[C@@H](O)[C@H]1O. The van der Waals surface area contributed by atoms with Crippen LogP contribution in [0.3, 0.4) is 0 Å². The third-order valence-corrected chi connectivity index (χ3v) is 4.16. The first-order valence-electron chi connectivity index (χ1n) is 7.70. The van der Waals surface area contributed by atoms with E-state index in [4.69, 9.17) is 21.1 Å².